The third-order valence-corrected chi connectivity index (χ3v) is 3.45. The minimum absolute atomic E-state index is 0.646. The van der Waals surface area contributed by atoms with Gasteiger partial charge >= 0.3 is 0 Å². The maximum absolute atomic E-state index is 5.53. The quantitative estimate of drug-likeness (QED) is 0.800. The number of aryl methyl sites for hydroxylation is 2. The van der Waals surface area contributed by atoms with Crippen molar-refractivity contribution in [3.63, 3.8) is 0 Å². The van der Waals surface area contributed by atoms with Crippen molar-refractivity contribution in [2.45, 2.75) is 13.8 Å². The molecule has 0 aliphatic carbocycles. The second-order valence-corrected chi connectivity index (χ2v) is 4.90. The molecule has 2 heterocycles. The van der Waals surface area contributed by atoms with E-state index in [1.807, 2.05) is 30.5 Å². The van der Waals surface area contributed by atoms with Gasteiger partial charge in [-0.25, -0.2) is 4.98 Å². The second-order valence-electron chi connectivity index (χ2n) is 4.90. The van der Waals surface area contributed by atoms with Crippen LogP contribution in [0.25, 0.3) is 17.0 Å². The molecule has 0 atom stereocenters. The summed E-state index contributed by atoms with van der Waals surface area (Å²) in [5.74, 6) is 2.15. The number of rotatable bonds is 3. The van der Waals surface area contributed by atoms with Gasteiger partial charge in [-0.05, 0) is 31.0 Å². The Morgan fingerprint density at radius 3 is 2.71 bits per heavy atom. The number of ether oxygens (including phenoxy) is 1. The summed E-state index contributed by atoms with van der Waals surface area (Å²) >= 11 is 0. The predicted octanol–water partition coefficient (Wildman–Crippen LogP) is 2.46. The Balaban J connectivity index is 2.34. The molecule has 0 saturated carbocycles. The van der Waals surface area contributed by atoms with Gasteiger partial charge < -0.3 is 10.1 Å². The first-order valence-corrected chi connectivity index (χ1v) is 6.68. The number of fused-ring (bicyclic) bond motifs is 1. The van der Waals surface area contributed by atoms with Crippen LogP contribution in [0.1, 0.15) is 11.1 Å². The number of anilines is 1. The number of hydrogen-bond donors (Lipinski definition) is 1. The maximum atomic E-state index is 5.53. The van der Waals surface area contributed by atoms with E-state index in [1.54, 1.807) is 20.4 Å². The van der Waals surface area contributed by atoms with Gasteiger partial charge in [0.2, 0.25) is 0 Å². The van der Waals surface area contributed by atoms with E-state index in [2.05, 4.69) is 26.6 Å². The molecule has 3 aromatic rings. The molecule has 21 heavy (non-hydrogen) atoms. The van der Waals surface area contributed by atoms with Crippen molar-refractivity contribution in [2.24, 2.45) is 0 Å². The van der Waals surface area contributed by atoms with Gasteiger partial charge in [-0.3, -0.25) is 4.40 Å². The number of benzene rings is 1. The van der Waals surface area contributed by atoms with Gasteiger partial charge in [-0.2, -0.15) is 0 Å². The van der Waals surface area contributed by atoms with E-state index < -0.39 is 0 Å². The Bertz CT molecular complexity index is 809. The monoisotopic (exact) mass is 283 g/mol. The standard InChI is InChI=1S/C15H17N5O/c1-9-7-10(2)12(11(8-9)21-4)14-19-18-13(16-3)15-17-5-6-20(14)15/h5-8H,1-4H3,(H,16,18). The Morgan fingerprint density at radius 2 is 2.00 bits per heavy atom. The molecule has 0 spiro atoms. The molecule has 0 aliphatic heterocycles. The summed E-state index contributed by atoms with van der Waals surface area (Å²) in [6.45, 7) is 4.09. The molecule has 108 valence electrons. The van der Waals surface area contributed by atoms with Crippen molar-refractivity contribution < 1.29 is 4.74 Å². The fraction of sp³-hybridized carbons (Fsp3) is 0.267. The summed E-state index contributed by atoms with van der Waals surface area (Å²) in [5, 5.41) is 11.6. The normalized spacial score (nSPS) is 10.9. The largest absolute Gasteiger partial charge is 0.496 e. The van der Waals surface area contributed by atoms with Crippen LogP contribution in [0.3, 0.4) is 0 Å². The lowest BCUT2D eigenvalue weighted by Crippen LogP contribution is -2.05. The molecule has 3 rings (SSSR count). The molecule has 0 saturated heterocycles. The maximum Gasteiger partial charge on any atom is 0.192 e. The van der Waals surface area contributed by atoms with E-state index in [0.717, 1.165) is 33.9 Å². The highest BCUT2D eigenvalue weighted by Gasteiger charge is 2.17. The number of hydrogen-bond acceptors (Lipinski definition) is 5. The molecule has 0 aliphatic rings. The van der Waals surface area contributed by atoms with Crippen molar-refractivity contribution in [3.05, 3.63) is 35.7 Å². The van der Waals surface area contributed by atoms with Gasteiger partial charge in [0.15, 0.2) is 17.3 Å². The van der Waals surface area contributed by atoms with E-state index in [1.165, 1.54) is 0 Å². The van der Waals surface area contributed by atoms with E-state index >= 15 is 0 Å². The number of aromatic nitrogens is 4. The lowest BCUT2D eigenvalue weighted by molar-refractivity contribution is 0.415. The van der Waals surface area contributed by atoms with Gasteiger partial charge in [0.1, 0.15) is 5.75 Å². The molecular formula is C15H17N5O. The second kappa shape index (κ2) is 5.05. The van der Waals surface area contributed by atoms with Gasteiger partial charge in [0.05, 0.1) is 12.7 Å². The lowest BCUT2D eigenvalue weighted by atomic mass is 10.0. The molecule has 0 unspecified atom stereocenters. The summed E-state index contributed by atoms with van der Waals surface area (Å²) in [4.78, 5) is 4.34. The van der Waals surface area contributed by atoms with Crippen LogP contribution in [0.4, 0.5) is 5.82 Å². The van der Waals surface area contributed by atoms with E-state index in [9.17, 15) is 0 Å². The first-order chi connectivity index (χ1) is 10.2. The average Bonchev–Trinajstić information content (AvgIpc) is 2.95. The van der Waals surface area contributed by atoms with Crippen LogP contribution in [-0.4, -0.2) is 33.7 Å². The van der Waals surface area contributed by atoms with Crippen LogP contribution in [0.15, 0.2) is 24.5 Å². The van der Waals surface area contributed by atoms with E-state index in [4.69, 9.17) is 4.74 Å². The summed E-state index contributed by atoms with van der Waals surface area (Å²) in [5.41, 5.74) is 3.91. The molecule has 0 radical (unpaired) electrons. The molecule has 0 bridgehead atoms. The fourth-order valence-corrected chi connectivity index (χ4v) is 2.55. The highest BCUT2D eigenvalue weighted by Crippen LogP contribution is 2.33. The molecule has 1 aromatic carbocycles. The Labute approximate surface area is 122 Å². The number of imidazole rings is 1. The number of methoxy groups -OCH3 is 1. The van der Waals surface area contributed by atoms with Gasteiger partial charge in [0, 0.05) is 19.4 Å². The van der Waals surface area contributed by atoms with Crippen LogP contribution in [-0.2, 0) is 0 Å². The summed E-state index contributed by atoms with van der Waals surface area (Å²) in [7, 11) is 3.47. The van der Waals surface area contributed by atoms with Crippen molar-refractivity contribution in [3.8, 4) is 17.1 Å². The van der Waals surface area contributed by atoms with Gasteiger partial charge in [0.25, 0.3) is 0 Å². The number of nitrogens with one attached hydrogen (secondary N) is 1. The van der Waals surface area contributed by atoms with E-state index in [0.29, 0.717) is 5.82 Å². The molecule has 6 nitrogen and oxygen atoms in total. The third kappa shape index (κ3) is 2.08. The van der Waals surface area contributed by atoms with Crippen LogP contribution < -0.4 is 10.1 Å². The SMILES string of the molecule is CNc1nnc(-c2c(C)cc(C)cc2OC)n2ccnc12. The smallest absolute Gasteiger partial charge is 0.192 e. The average molecular weight is 283 g/mol. The number of nitrogens with zero attached hydrogens (tertiary/aromatic N) is 4. The Kier molecular flexibility index (Phi) is 3.21. The molecule has 0 fully saturated rings. The molecule has 6 heteroatoms. The molecule has 2 aromatic heterocycles. The first kappa shape index (κ1) is 13.4. The first-order valence-electron chi connectivity index (χ1n) is 6.68. The van der Waals surface area contributed by atoms with Crippen molar-refractivity contribution >= 4 is 11.5 Å². The Hall–Kier alpha value is -2.63. The fourth-order valence-electron chi connectivity index (χ4n) is 2.55. The van der Waals surface area contributed by atoms with Crippen molar-refractivity contribution in [1.29, 1.82) is 0 Å². The summed E-state index contributed by atoms with van der Waals surface area (Å²) < 4.78 is 7.44. The zero-order valence-corrected chi connectivity index (χ0v) is 12.5. The lowest BCUT2D eigenvalue weighted by Gasteiger charge is -2.14. The van der Waals surface area contributed by atoms with Crippen LogP contribution in [0, 0.1) is 13.8 Å². The van der Waals surface area contributed by atoms with Crippen molar-refractivity contribution in [2.75, 3.05) is 19.5 Å². The van der Waals surface area contributed by atoms with Gasteiger partial charge in [-0.1, -0.05) is 6.07 Å². The minimum Gasteiger partial charge on any atom is -0.496 e. The van der Waals surface area contributed by atoms with E-state index in [-0.39, 0.29) is 0 Å². The zero-order valence-electron chi connectivity index (χ0n) is 12.5. The van der Waals surface area contributed by atoms with Crippen molar-refractivity contribution in [1.82, 2.24) is 19.6 Å². The van der Waals surface area contributed by atoms with Crippen LogP contribution in [0.2, 0.25) is 0 Å². The minimum atomic E-state index is 0.646. The van der Waals surface area contributed by atoms with Gasteiger partial charge in [-0.15, -0.1) is 10.2 Å². The topological polar surface area (TPSA) is 64.3 Å². The Morgan fingerprint density at radius 1 is 1.19 bits per heavy atom. The van der Waals surface area contributed by atoms with Crippen LogP contribution in [0.5, 0.6) is 5.75 Å². The predicted molar refractivity (Wildman–Crippen MR) is 81.8 cm³/mol. The highest BCUT2D eigenvalue weighted by molar-refractivity contribution is 5.73. The zero-order chi connectivity index (χ0) is 15.0. The third-order valence-electron chi connectivity index (χ3n) is 3.45. The summed E-state index contributed by atoms with van der Waals surface area (Å²) in [6, 6.07) is 4.10. The highest BCUT2D eigenvalue weighted by atomic mass is 16.5. The molecule has 0 amide bonds. The van der Waals surface area contributed by atoms with Crippen LogP contribution >= 0.6 is 0 Å². The summed E-state index contributed by atoms with van der Waals surface area (Å²) in [6.07, 6.45) is 3.61. The molecule has 1 N–H and O–H groups in total. The molecular weight excluding hydrogens is 266 g/mol.